The van der Waals surface area contributed by atoms with E-state index in [4.69, 9.17) is 10.2 Å². The van der Waals surface area contributed by atoms with Gasteiger partial charge in [-0.25, -0.2) is 0 Å². The van der Waals surface area contributed by atoms with Crippen LogP contribution in [0.15, 0.2) is 0 Å². The number of hydrogen-bond acceptors (Lipinski definition) is 5. The summed E-state index contributed by atoms with van der Waals surface area (Å²) in [6.07, 6.45) is 1.64. The Hall–Kier alpha value is -0.690. The van der Waals surface area contributed by atoms with Crippen molar-refractivity contribution in [2.75, 3.05) is 13.2 Å². The molecule has 0 fully saturated rings. The lowest BCUT2D eigenvalue weighted by molar-refractivity contribution is -0.142. The van der Waals surface area contributed by atoms with Crippen molar-refractivity contribution < 1.29 is 25.2 Å². The molecular weight excluding hydrogens is 250 g/mol. The van der Waals surface area contributed by atoms with Gasteiger partial charge in [0.1, 0.15) is 12.2 Å². The smallest absolute Gasteiger partial charge is 0.251 e. The monoisotopic (exact) mass is 277 g/mol. The Labute approximate surface area is 114 Å². The first-order valence-electron chi connectivity index (χ1n) is 6.97. The molecule has 0 aromatic rings. The van der Waals surface area contributed by atoms with Crippen LogP contribution in [-0.4, -0.2) is 57.8 Å². The second-order valence-electron chi connectivity index (χ2n) is 4.74. The number of unbranched alkanes of at least 4 members (excludes halogenated alkanes) is 5. The van der Waals surface area contributed by atoms with Crippen LogP contribution < -0.4 is 5.32 Å². The average molecular weight is 277 g/mol. The number of hydrogen-bond donors (Lipinski definition) is 5. The van der Waals surface area contributed by atoms with Crippen molar-refractivity contribution in [1.82, 2.24) is 5.32 Å². The molecule has 3 atom stereocenters. The molecule has 0 aromatic heterocycles. The van der Waals surface area contributed by atoms with Crippen LogP contribution in [0.5, 0.6) is 0 Å². The molecule has 0 radical (unpaired) electrons. The third-order valence-corrected chi connectivity index (χ3v) is 3.00. The predicted molar refractivity (Wildman–Crippen MR) is 71.5 cm³/mol. The number of rotatable bonds is 11. The normalized spacial score (nSPS) is 15.8. The molecule has 0 aliphatic heterocycles. The van der Waals surface area contributed by atoms with E-state index in [-0.39, 0.29) is 0 Å². The van der Waals surface area contributed by atoms with Crippen LogP contribution in [0.3, 0.4) is 0 Å². The number of aliphatic hydroxyl groups excluding tert-OH is 4. The van der Waals surface area contributed by atoms with Gasteiger partial charge in [0.05, 0.1) is 6.61 Å². The zero-order chi connectivity index (χ0) is 14.7. The van der Waals surface area contributed by atoms with Crippen molar-refractivity contribution in [2.24, 2.45) is 0 Å². The quantitative estimate of drug-likeness (QED) is 0.328. The molecule has 19 heavy (non-hydrogen) atoms. The van der Waals surface area contributed by atoms with Gasteiger partial charge in [0.25, 0.3) is 5.91 Å². The number of carbonyl (C=O) groups is 1. The Kier molecular flexibility index (Phi) is 10.8. The summed E-state index contributed by atoms with van der Waals surface area (Å²) >= 11 is 0. The van der Waals surface area contributed by atoms with Crippen molar-refractivity contribution >= 4 is 5.91 Å². The molecule has 6 heteroatoms. The highest BCUT2D eigenvalue weighted by atomic mass is 16.4. The van der Waals surface area contributed by atoms with Gasteiger partial charge in [-0.1, -0.05) is 39.0 Å². The zero-order valence-electron chi connectivity index (χ0n) is 11.6. The number of nitrogens with one attached hydrogen (secondary N) is 1. The van der Waals surface area contributed by atoms with Crippen LogP contribution in [0.25, 0.3) is 0 Å². The largest absolute Gasteiger partial charge is 0.394 e. The van der Waals surface area contributed by atoms with Gasteiger partial charge in [0.15, 0.2) is 6.10 Å². The number of carbonyl (C=O) groups excluding carboxylic acids is 1. The summed E-state index contributed by atoms with van der Waals surface area (Å²) < 4.78 is 0. The van der Waals surface area contributed by atoms with E-state index in [1.807, 2.05) is 0 Å². The first-order chi connectivity index (χ1) is 9.04. The van der Waals surface area contributed by atoms with Crippen LogP contribution in [0.2, 0.25) is 0 Å². The van der Waals surface area contributed by atoms with Gasteiger partial charge in [-0.15, -0.1) is 0 Å². The Bertz CT molecular complexity index is 237. The first kappa shape index (κ1) is 18.3. The van der Waals surface area contributed by atoms with Crippen molar-refractivity contribution in [3.8, 4) is 0 Å². The Morgan fingerprint density at radius 3 is 2.21 bits per heavy atom. The highest BCUT2D eigenvalue weighted by Gasteiger charge is 2.29. The van der Waals surface area contributed by atoms with Gasteiger partial charge >= 0.3 is 0 Å². The maximum atomic E-state index is 11.4. The molecule has 1 amide bonds. The second kappa shape index (κ2) is 11.2. The van der Waals surface area contributed by atoms with Crippen LogP contribution in [0.4, 0.5) is 0 Å². The molecule has 0 unspecified atom stereocenters. The molecule has 0 bridgehead atoms. The fourth-order valence-electron chi connectivity index (χ4n) is 1.70. The molecule has 0 aromatic carbocycles. The SMILES string of the molecule is CCCCCCCCNC(=O)[C@H](O)[C@H](O)[C@H](O)CO. The molecule has 0 spiro atoms. The van der Waals surface area contributed by atoms with Gasteiger partial charge in [-0.3, -0.25) is 4.79 Å². The van der Waals surface area contributed by atoms with Crippen molar-refractivity contribution in [3.63, 3.8) is 0 Å². The molecule has 0 aliphatic rings. The lowest BCUT2D eigenvalue weighted by atomic mass is 10.1. The van der Waals surface area contributed by atoms with Crippen LogP contribution in [0.1, 0.15) is 45.4 Å². The highest BCUT2D eigenvalue weighted by Crippen LogP contribution is 2.04. The zero-order valence-corrected chi connectivity index (χ0v) is 11.6. The molecule has 0 saturated carbocycles. The van der Waals surface area contributed by atoms with Crippen LogP contribution in [-0.2, 0) is 4.79 Å². The van der Waals surface area contributed by atoms with Crippen LogP contribution in [0, 0.1) is 0 Å². The number of amides is 1. The van der Waals surface area contributed by atoms with Crippen molar-refractivity contribution in [2.45, 2.75) is 63.8 Å². The Morgan fingerprint density at radius 1 is 1.05 bits per heavy atom. The molecule has 0 saturated heterocycles. The summed E-state index contributed by atoms with van der Waals surface area (Å²) in [7, 11) is 0. The fraction of sp³-hybridized carbons (Fsp3) is 0.923. The lowest BCUT2D eigenvalue weighted by Crippen LogP contribution is -2.48. The van der Waals surface area contributed by atoms with Gasteiger partial charge in [0.2, 0.25) is 0 Å². The molecule has 0 rings (SSSR count). The molecule has 0 aliphatic carbocycles. The van der Waals surface area contributed by atoms with E-state index in [1.54, 1.807) is 0 Å². The van der Waals surface area contributed by atoms with E-state index in [9.17, 15) is 15.0 Å². The summed E-state index contributed by atoms with van der Waals surface area (Å²) in [6, 6.07) is 0. The Balaban J connectivity index is 3.68. The van der Waals surface area contributed by atoms with E-state index in [0.717, 1.165) is 19.3 Å². The second-order valence-corrected chi connectivity index (χ2v) is 4.74. The standard InChI is InChI=1S/C13H27NO5/c1-2-3-4-5-6-7-8-14-13(19)12(18)11(17)10(16)9-15/h10-12,15-18H,2-9H2,1H3,(H,14,19)/t10-,11-,12-/m1/s1. The van der Waals surface area contributed by atoms with Gasteiger partial charge in [-0.2, -0.15) is 0 Å². The van der Waals surface area contributed by atoms with Crippen molar-refractivity contribution in [3.05, 3.63) is 0 Å². The van der Waals surface area contributed by atoms with Crippen molar-refractivity contribution in [1.29, 1.82) is 0 Å². The molecule has 114 valence electrons. The summed E-state index contributed by atoms with van der Waals surface area (Å²) in [5.74, 6) is -0.728. The summed E-state index contributed by atoms with van der Waals surface area (Å²) in [6.45, 7) is 1.88. The Morgan fingerprint density at radius 2 is 1.63 bits per heavy atom. The van der Waals surface area contributed by atoms with Gasteiger partial charge in [0, 0.05) is 6.54 Å². The molecule has 6 nitrogen and oxygen atoms in total. The first-order valence-corrected chi connectivity index (χ1v) is 6.97. The average Bonchev–Trinajstić information content (AvgIpc) is 2.43. The summed E-state index contributed by atoms with van der Waals surface area (Å²) in [5.41, 5.74) is 0. The summed E-state index contributed by atoms with van der Waals surface area (Å²) in [5, 5.41) is 39.0. The summed E-state index contributed by atoms with van der Waals surface area (Å²) in [4.78, 5) is 11.4. The molecule has 5 N–H and O–H groups in total. The number of aliphatic hydroxyl groups is 4. The minimum absolute atomic E-state index is 0.434. The van der Waals surface area contributed by atoms with E-state index in [2.05, 4.69) is 12.2 Å². The van der Waals surface area contributed by atoms with E-state index < -0.39 is 30.8 Å². The van der Waals surface area contributed by atoms with Gasteiger partial charge in [-0.05, 0) is 6.42 Å². The third-order valence-electron chi connectivity index (χ3n) is 3.00. The van der Waals surface area contributed by atoms with Crippen LogP contribution >= 0.6 is 0 Å². The van der Waals surface area contributed by atoms with E-state index in [0.29, 0.717) is 6.54 Å². The topological polar surface area (TPSA) is 110 Å². The molecular formula is C13H27NO5. The molecule has 0 heterocycles. The van der Waals surface area contributed by atoms with E-state index in [1.165, 1.54) is 19.3 Å². The maximum absolute atomic E-state index is 11.4. The predicted octanol–water partition coefficient (Wildman–Crippen LogP) is -0.462. The van der Waals surface area contributed by atoms with E-state index >= 15 is 0 Å². The highest BCUT2D eigenvalue weighted by molar-refractivity contribution is 5.81. The lowest BCUT2D eigenvalue weighted by Gasteiger charge is -2.20. The van der Waals surface area contributed by atoms with Gasteiger partial charge < -0.3 is 25.7 Å². The minimum atomic E-state index is -1.72. The minimum Gasteiger partial charge on any atom is -0.394 e. The third kappa shape index (κ3) is 8.15. The fourth-order valence-corrected chi connectivity index (χ4v) is 1.70. The maximum Gasteiger partial charge on any atom is 0.251 e.